The van der Waals surface area contributed by atoms with E-state index < -0.39 is 15.7 Å². The number of morpholine rings is 1. The zero-order chi connectivity index (χ0) is 19.8. The molecular formula is C20H23FN2O4S. The predicted octanol–water partition coefficient (Wildman–Crippen LogP) is 2.77. The Morgan fingerprint density at radius 2 is 2.04 bits per heavy atom. The van der Waals surface area contributed by atoms with E-state index in [1.807, 2.05) is 0 Å². The first-order chi connectivity index (χ1) is 13.5. The molecule has 6 nitrogen and oxygen atoms in total. The highest BCUT2D eigenvalue weighted by atomic mass is 32.2. The summed E-state index contributed by atoms with van der Waals surface area (Å²) >= 11 is 0. The largest absolute Gasteiger partial charge is 0.494 e. The van der Waals surface area contributed by atoms with Gasteiger partial charge in [-0.2, -0.15) is 0 Å². The molecule has 0 aliphatic carbocycles. The van der Waals surface area contributed by atoms with Crippen LogP contribution in [-0.4, -0.2) is 57.8 Å². The van der Waals surface area contributed by atoms with Crippen LogP contribution in [0.3, 0.4) is 0 Å². The van der Waals surface area contributed by atoms with Crippen molar-refractivity contribution in [3.8, 4) is 5.75 Å². The van der Waals surface area contributed by atoms with Crippen LogP contribution in [0.4, 0.5) is 4.39 Å². The summed E-state index contributed by atoms with van der Waals surface area (Å²) in [6.45, 7) is 4.79. The first-order valence-corrected chi connectivity index (χ1v) is 10.7. The van der Waals surface area contributed by atoms with Crippen LogP contribution in [0.15, 0.2) is 52.9 Å². The SMILES string of the molecule is O=S(=O)(C=Cc1ncccc1F)c1cccc(OCCCN2CCOCC2)c1. The summed E-state index contributed by atoms with van der Waals surface area (Å²) in [5.74, 6) is -0.0910. The third kappa shape index (κ3) is 5.85. The Bertz CT molecular complexity index is 912. The Morgan fingerprint density at radius 1 is 1.21 bits per heavy atom. The second kappa shape index (κ2) is 9.77. The lowest BCUT2D eigenvalue weighted by Gasteiger charge is -2.26. The maximum Gasteiger partial charge on any atom is 0.200 e. The Labute approximate surface area is 164 Å². The first-order valence-electron chi connectivity index (χ1n) is 9.11. The molecule has 1 aromatic heterocycles. The Kier molecular flexibility index (Phi) is 7.13. The van der Waals surface area contributed by atoms with Crippen LogP contribution in [0.2, 0.25) is 0 Å². The van der Waals surface area contributed by atoms with Crippen LogP contribution in [0, 0.1) is 5.82 Å². The van der Waals surface area contributed by atoms with Crippen molar-refractivity contribution in [3.05, 3.63) is 59.5 Å². The zero-order valence-electron chi connectivity index (χ0n) is 15.5. The van der Waals surface area contributed by atoms with Gasteiger partial charge in [-0.05, 0) is 42.8 Å². The third-order valence-corrected chi connectivity index (χ3v) is 5.72. The molecule has 28 heavy (non-hydrogen) atoms. The molecule has 0 atom stereocenters. The molecule has 0 radical (unpaired) electrons. The molecule has 150 valence electrons. The number of hydrogen-bond acceptors (Lipinski definition) is 6. The third-order valence-electron chi connectivity index (χ3n) is 4.32. The Hall–Kier alpha value is -2.29. The minimum absolute atomic E-state index is 0.0263. The van der Waals surface area contributed by atoms with Crippen molar-refractivity contribution in [1.29, 1.82) is 0 Å². The van der Waals surface area contributed by atoms with Crippen molar-refractivity contribution in [3.63, 3.8) is 0 Å². The maximum atomic E-state index is 13.6. The second-order valence-corrected chi connectivity index (χ2v) is 8.18. The molecule has 3 rings (SSSR count). The average molecular weight is 406 g/mol. The van der Waals surface area contributed by atoms with E-state index in [9.17, 15) is 12.8 Å². The number of sulfone groups is 1. The lowest BCUT2D eigenvalue weighted by atomic mass is 10.3. The fraction of sp³-hybridized carbons (Fsp3) is 0.350. The standard InChI is InChI=1S/C20H23FN2O4S/c21-19-6-2-8-22-20(19)7-15-28(24,25)18-5-1-4-17(16-18)27-12-3-9-23-10-13-26-14-11-23/h1-2,4-8,15-16H,3,9-14H2. The number of rotatable bonds is 8. The summed E-state index contributed by atoms with van der Waals surface area (Å²) in [4.78, 5) is 6.22. The molecule has 8 heteroatoms. The van der Waals surface area contributed by atoms with Gasteiger partial charge >= 0.3 is 0 Å². The number of benzene rings is 1. The molecule has 1 aliphatic heterocycles. The summed E-state index contributed by atoms with van der Waals surface area (Å²) in [6, 6.07) is 8.97. The number of hydrogen-bond donors (Lipinski definition) is 0. The second-order valence-electron chi connectivity index (χ2n) is 6.35. The van der Waals surface area contributed by atoms with Gasteiger partial charge in [-0.1, -0.05) is 6.07 Å². The van der Waals surface area contributed by atoms with Gasteiger partial charge in [0.2, 0.25) is 0 Å². The summed E-state index contributed by atoms with van der Waals surface area (Å²) < 4.78 is 49.6. The highest BCUT2D eigenvalue weighted by Gasteiger charge is 2.13. The minimum Gasteiger partial charge on any atom is -0.494 e. The highest BCUT2D eigenvalue weighted by Crippen LogP contribution is 2.20. The predicted molar refractivity (Wildman–Crippen MR) is 104 cm³/mol. The monoisotopic (exact) mass is 406 g/mol. The highest BCUT2D eigenvalue weighted by molar-refractivity contribution is 7.94. The summed E-state index contributed by atoms with van der Waals surface area (Å²) in [5.41, 5.74) is -0.0263. The molecule has 1 fully saturated rings. The minimum atomic E-state index is -3.73. The van der Waals surface area contributed by atoms with Crippen molar-refractivity contribution in [2.45, 2.75) is 11.3 Å². The number of aromatic nitrogens is 1. The number of nitrogens with zero attached hydrogens (tertiary/aromatic N) is 2. The fourth-order valence-electron chi connectivity index (χ4n) is 2.80. The summed E-state index contributed by atoms with van der Waals surface area (Å²) in [6.07, 6.45) is 3.40. The van der Waals surface area contributed by atoms with E-state index in [1.54, 1.807) is 12.1 Å². The Morgan fingerprint density at radius 3 is 2.82 bits per heavy atom. The fourth-order valence-corrected chi connectivity index (χ4v) is 3.81. The number of pyridine rings is 1. The smallest absolute Gasteiger partial charge is 0.200 e. The van der Waals surface area contributed by atoms with E-state index in [4.69, 9.17) is 9.47 Å². The van der Waals surface area contributed by atoms with Crippen molar-refractivity contribution in [1.82, 2.24) is 9.88 Å². The van der Waals surface area contributed by atoms with Crippen LogP contribution in [0.1, 0.15) is 12.1 Å². The molecular weight excluding hydrogens is 383 g/mol. The molecule has 1 aliphatic rings. The van der Waals surface area contributed by atoms with E-state index in [1.165, 1.54) is 30.5 Å². The van der Waals surface area contributed by atoms with Gasteiger partial charge in [0, 0.05) is 31.2 Å². The van der Waals surface area contributed by atoms with Crippen LogP contribution in [0.25, 0.3) is 6.08 Å². The van der Waals surface area contributed by atoms with Gasteiger partial charge in [0.15, 0.2) is 9.84 Å². The van der Waals surface area contributed by atoms with Crippen molar-refractivity contribution >= 4 is 15.9 Å². The lowest BCUT2D eigenvalue weighted by Crippen LogP contribution is -2.37. The van der Waals surface area contributed by atoms with E-state index in [2.05, 4.69) is 9.88 Å². The molecule has 0 saturated carbocycles. The van der Waals surface area contributed by atoms with Crippen molar-refractivity contribution in [2.75, 3.05) is 39.5 Å². The molecule has 1 aromatic carbocycles. The zero-order valence-corrected chi connectivity index (χ0v) is 16.3. The molecule has 1 saturated heterocycles. The van der Waals surface area contributed by atoms with Crippen LogP contribution >= 0.6 is 0 Å². The van der Waals surface area contributed by atoms with E-state index >= 15 is 0 Å². The molecule has 0 unspecified atom stereocenters. The van der Waals surface area contributed by atoms with Crippen LogP contribution in [0.5, 0.6) is 5.75 Å². The van der Waals surface area contributed by atoms with Crippen LogP contribution < -0.4 is 4.74 Å². The molecule has 0 bridgehead atoms. The first kappa shape index (κ1) is 20.4. The van der Waals surface area contributed by atoms with Crippen LogP contribution in [-0.2, 0) is 14.6 Å². The van der Waals surface area contributed by atoms with E-state index in [-0.39, 0.29) is 10.6 Å². The lowest BCUT2D eigenvalue weighted by molar-refractivity contribution is 0.0358. The van der Waals surface area contributed by atoms with Gasteiger partial charge in [-0.25, -0.2) is 12.8 Å². The molecule has 0 N–H and O–H groups in total. The molecule has 0 spiro atoms. The normalized spacial score (nSPS) is 15.8. The number of ether oxygens (including phenoxy) is 2. The topological polar surface area (TPSA) is 68.7 Å². The number of halogens is 1. The van der Waals surface area contributed by atoms with E-state index in [0.29, 0.717) is 12.4 Å². The summed E-state index contributed by atoms with van der Waals surface area (Å²) in [5, 5.41) is 0.954. The average Bonchev–Trinajstić information content (AvgIpc) is 2.72. The molecule has 2 aromatic rings. The van der Waals surface area contributed by atoms with Crippen molar-refractivity contribution < 1.29 is 22.3 Å². The van der Waals surface area contributed by atoms with E-state index in [0.717, 1.165) is 50.8 Å². The quantitative estimate of drug-likeness (QED) is 0.628. The van der Waals surface area contributed by atoms with Gasteiger partial charge in [-0.3, -0.25) is 9.88 Å². The Balaban J connectivity index is 1.57. The summed E-state index contributed by atoms with van der Waals surface area (Å²) in [7, 11) is -3.73. The van der Waals surface area contributed by atoms with Gasteiger partial charge in [-0.15, -0.1) is 0 Å². The molecule has 2 heterocycles. The van der Waals surface area contributed by atoms with Gasteiger partial charge < -0.3 is 9.47 Å². The molecule has 0 amide bonds. The van der Waals surface area contributed by atoms with Gasteiger partial charge in [0.05, 0.1) is 30.4 Å². The van der Waals surface area contributed by atoms with Gasteiger partial charge in [0.25, 0.3) is 0 Å². The maximum absolute atomic E-state index is 13.6. The van der Waals surface area contributed by atoms with Crippen molar-refractivity contribution in [2.24, 2.45) is 0 Å². The van der Waals surface area contributed by atoms with Gasteiger partial charge in [0.1, 0.15) is 11.6 Å².